The molecule has 0 spiro atoms. The second-order valence-electron chi connectivity index (χ2n) is 23.9. The van der Waals surface area contributed by atoms with E-state index in [0.717, 1.165) is 89.9 Å². The van der Waals surface area contributed by atoms with Gasteiger partial charge in [-0.05, 0) is 89.9 Å². The lowest BCUT2D eigenvalue weighted by atomic mass is 9.99. The summed E-state index contributed by atoms with van der Waals surface area (Å²) in [4.78, 5) is 26.6. The number of ether oxygens (including phenoxy) is 3. The van der Waals surface area contributed by atoms with Crippen molar-refractivity contribution in [3.63, 3.8) is 0 Å². The van der Waals surface area contributed by atoms with E-state index in [4.69, 9.17) is 14.2 Å². The van der Waals surface area contributed by atoms with Gasteiger partial charge in [0.25, 0.3) is 0 Å². The van der Waals surface area contributed by atoms with Gasteiger partial charge in [0, 0.05) is 6.42 Å². The van der Waals surface area contributed by atoms with Gasteiger partial charge in [0.15, 0.2) is 12.4 Å². The predicted octanol–water partition coefficient (Wildman–Crippen LogP) is 17.3. The van der Waals surface area contributed by atoms with Crippen molar-refractivity contribution < 1.29 is 49.3 Å². The van der Waals surface area contributed by atoms with Crippen LogP contribution in [-0.4, -0.2) is 99.6 Å². The van der Waals surface area contributed by atoms with Crippen molar-refractivity contribution in [2.24, 2.45) is 0 Å². The maximum Gasteiger partial charge on any atom is 0.306 e. The first-order valence-electron chi connectivity index (χ1n) is 34.6. The molecule has 1 amide bonds. The lowest BCUT2D eigenvalue weighted by Gasteiger charge is -2.41. The zero-order valence-corrected chi connectivity index (χ0v) is 53.1. The molecule has 0 aliphatic carbocycles. The van der Waals surface area contributed by atoms with Gasteiger partial charge in [-0.25, -0.2) is 0 Å². The number of esters is 1. The summed E-state index contributed by atoms with van der Waals surface area (Å²) in [5.74, 6) is -1.19. The number of aliphatic hydroxyl groups is 5. The molecule has 0 aromatic heterocycles. The Morgan fingerprint density at radius 3 is 1.29 bits per heavy atom. The van der Waals surface area contributed by atoms with Crippen LogP contribution in [0, 0.1) is 0 Å². The number of allylic oxidation sites excluding steroid dienone is 9. The molecular formula is C71H129NO10. The van der Waals surface area contributed by atoms with Gasteiger partial charge in [0.1, 0.15) is 24.4 Å². The summed E-state index contributed by atoms with van der Waals surface area (Å²) >= 11 is 0. The van der Waals surface area contributed by atoms with E-state index >= 15 is 0 Å². The van der Waals surface area contributed by atoms with Gasteiger partial charge in [-0.3, -0.25) is 9.59 Å². The zero-order chi connectivity index (χ0) is 59.6. The second kappa shape index (κ2) is 58.7. The van der Waals surface area contributed by atoms with E-state index in [2.05, 4.69) is 74.7 Å². The second-order valence-corrected chi connectivity index (χ2v) is 23.9. The van der Waals surface area contributed by atoms with E-state index < -0.39 is 67.4 Å². The fourth-order valence-electron chi connectivity index (χ4n) is 10.7. The number of aliphatic hydroxyl groups excluding tert-OH is 5. The molecule has 1 aliphatic rings. The van der Waals surface area contributed by atoms with Gasteiger partial charge >= 0.3 is 5.97 Å². The van der Waals surface area contributed by atoms with Crippen LogP contribution < -0.4 is 5.32 Å². The van der Waals surface area contributed by atoms with Gasteiger partial charge in [0.2, 0.25) is 5.91 Å². The molecule has 0 bridgehead atoms. The molecule has 0 aromatic carbocycles. The van der Waals surface area contributed by atoms with Crippen LogP contribution in [0.4, 0.5) is 0 Å². The van der Waals surface area contributed by atoms with Crippen molar-refractivity contribution in [1.29, 1.82) is 0 Å². The minimum absolute atomic E-state index is 0.119. The highest BCUT2D eigenvalue weighted by atomic mass is 16.7. The minimum atomic E-state index is -1.62. The molecule has 478 valence electrons. The molecule has 1 saturated heterocycles. The monoisotopic (exact) mass is 1160 g/mol. The van der Waals surface area contributed by atoms with Crippen molar-refractivity contribution in [2.75, 3.05) is 13.2 Å². The predicted molar refractivity (Wildman–Crippen MR) is 343 cm³/mol. The largest absolute Gasteiger partial charge is 0.454 e. The van der Waals surface area contributed by atoms with Crippen molar-refractivity contribution >= 4 is 11.9 Å². The highest BCUT2D eigenvalue weighted by Gasteiger charge is 2.47. The van der Waals surface area contributed by atoms with Gasteiger partial charge in [-0.15, -0.1) is 0 Å². The van der Waals surface area contributed by atoms with E-state index in [1.54, 1.807) is 6.08 Å². The Labute approximate surface area is 503 Å². The topological polar surface area (TPSA) is 175 Å². The summed E-state index contributed by atoms with van der Waals surface area (Å²) in [5, 5.41) is 57.2. The summed E-state index contributed by atoms with van der Waals surface area (Å²) in [6.45, 7) is 5.78. The molecule has 8 unspecified atom stereocenters. The minimum Gasteiger partial charge on any atom is -0.454 e. The highest BCUT2D eigenvalue weighted by Crippen LogP contribution is 2.26. The van der Waals surface area contributed by atoms with Crippen LogP contribution in [0.1, 0.15) is 316 Å². The summed E-state index contributed by atoms with van der Waals surface area (Å²) in [6.07, 6.45) is 64.0. The third-order valence-electron chi connectivity index (χ3n) is 16.1. The molecule has 82 heavy (non-hydrogen) atoms. The molecule has 1 heterocycles. The molecule has 1 fully saturated rings. The molecule has 0 aromatic rings. The number of carbonyl (C=O) groups excluding carboxylic acids is 2. The number of unbranched alkanes of at least 4 members (excludes halogenated alkanes) is 37. The van der Waals surface area contributed by atoms with E-state index in [-0.39, 0.29) is 19.4 Å². The smallest absolute Gasteiger partial charge is 0.306 e. The number of hydrogen-bond acceptors (Lipinski definition) is 10. The van der Waals surface area contributed by atoms with Gasteiger partial charge < -0.3 is 45.1 Å². The normalized spacial score (nSPS) is 19.0. The molecule has 0 radical (unpaired) electrons. The third-order valence-corrected chi connectivity index (χ3v) is 16.1. The Hall–Kier alpha value is -2.64. The number of amides is 1. The first kappa shape index (κ1) is 77.4. The van der Waals surface area contributed by atoms with Crippen molar-refractivity contribution in [1.82, 2.24) is 5.32 Å². The Balaban J connectivity index is 2.60. The Morgan fingerprint density at radius 1 is 0.476 bits per heavy atom. The average Bonchev–Trinajstić information content (AvgIpc) is 3.68. The first-order valence-corrected chi connectivity index (χ1v) is 34.6. The van der Waals surface area contributed by atoms with E-state index in [1.807, 2.05) is 6.08 Å². The fraction of sp³-hybridized carbons (Fsp3) is 0.831. The molecule has 11 nitrogen and oxygen atoms in total. The molecule has 0 saturated carbocycles. The molecular weight excluding hydrogens is 1030 g/mol. The van der Waals surface area contributed by atoms with Crippen LogP contribution in [0.25, 0.3) is 0 Å². The van der Waals surface area contributed by atoms with Gasteiger partial charge in [-0.2, -0.15) is 0 Å². The molecule has 6 N–H and O–H groups in total. The number of rotatable bonds is 59. The van der Waals surface area contributed by atoms with Crippen molar-refractivity contribution in [3.05, 3.63) is 60.8 Å². The van der Waals surface area contributed by atoms with Crippen LogP contribution in [-0.2, 0) is 23.8 Å². The molecule has 8 atom stereocenters. The molecule has 1 aliphatic heterocycles. The van der Waals surface area contributed by atoms with Gasteiger partial charge in [0.05, 0.1) is 25.4 Å². The number of hydrogen-bond donors (Lipinski definition) is 6. The zero-order valence-electron chi connectivity index (χ0n) is 53.1. The van der Waals surface area contributed by atoms with E-state index in [0.29, 0.717) is 12.8 Å². The molecule has 1 rings (SSSR count). The van der Waals surface area contributed by atoms with Crippen LogP contribution in [0.15, 0.2) is 60.8 Å². The maximum atomic E-state index is 13.5. The summed E-state index contributed by atoms with van der Waals surface area (Å²) in [5.41, 5.74) is 0. The Morgan fingerprint density at radius 2 is 0.841 bits per heavy atom. The lowest BCUT2D eigenvalue weighted by molar-refractivity contribution is -0.305. The average molecular weight is 1160 g/mol. The maximum absolute atomic E-state index is 13.5. The standard InChI is InChI=1S/C71H129NO10/c1-4-7-10-13-16-19-22-25-27-29-30-31-32-33-34-35-37-38-40-43-46-49-52-55-58-64(75)70(79)72-62(63(74)57-54-51-48-45-42-24-21-18-15-12-9-6-3)61-80-71-69(68(78)67(77)65(60-73)81-71)82-66(76)59-56-53-50-47-44-41-39-36-28-26-23-20-17-14-11-8-5-2/h16,19,25-28,30-31,54,57,62-65,67-69,71,73-75,77-78H,4-15,17-18,20-24,29,32-53,55-56,58-61H2,1-3H3,(H,72,79)/b19-16-,27-25-,28-26+,31-30-,57-54+. The van der Waals surface area contributed by atoms with Crippen molar-refractivity contribution in [2.45, 2.75) is 365 Å². The third kappa shape index (κ3) is 45.7. The molecule has 11 heteroatoms. The van der Waals surface area contributed by atoms with E-state index in [9.17, 15) is 35.1 Å². The highest BCUT2D eigenvalue weighted by molar-refractivity contribution is 5.80. The van der Waals surface area contributed by atoms with Crippen molar-refractivity contribution in [3.8, 4) is 0 Å². The Kier molecular flexibility index (Phi) is 55.4. The van der Waals surface area contributed by atoms with Crippen LogP contribution >= 0.6 is 0 Å². The van der Waals surface area contributed by atoms with E-state index in [1.165, 1.54) is 180 Å². The fourth-order valence-corrected chi connectivity index (χ4v) is 10.7. The number of nitrogens with one attached hydrogen (secondary N) is 1. The SMILES string of the molecule is CCCCC/C=C\C/C=C\C/C=C\CCCCCCCCCCCCCC(O)C(=O)NC(COC1OC(CO)C(O)C(O)C1OC(=O)CCCCCCCCC/C=C/CCCCCCCC)C(O)/C=C/CCCCCCCCCCCC. The van der Waals surface area contributed by atoms with Gasteiger partial charge in [-0.1, -0.05) is 281 Å². The quantitative estimate of drug-likeness (QED) is 0.0195. The summed E-state index contributed by atoms with van der Waals surface area (Å²) in [6, 6.07) is -1.03. The Bertz CT molecular complexity index is 1560. The van der Waals surface area contributed by atoms with Crippen LogP contribution in [0.3, 0.4) is 0 Å². The lowest BCUT2D eigenvalue weighted by Crippen LogP contribution is -2.61. The van der Waals surface area contributed by atoms with Crippen LogP contribution in [0.2, 0.25) is 0 Å². The first-order chi connectivity index (χ1) is 40.2. The summed E-state index contributed by atoms with van der Waals surface area (Å²) < 4.78 is 17.7. The summed E-state index contributed by atoms with van der Waals surface area (Å²) in [7, 11) is 0. The van der Waals surface area contributed by atoms with Crippen LogP contribution in [0.5, 0.6) is 0 Å². The number of carbonyl (C=O) groups is 2.